The summed E-state index contributed by atoms with van der Waals surface area (Å²) in [4.78, 5) is 0. The predicted octanol–water partition coefficient (Wildman–Crippen LogP) is 2.44. The molecule has 0 fully saturated rings. The van der Waals surface area contributed by atoms with Crippen LogP contribution in [0, 0.1) is 12.3 Å². The van der Waals surface area contributed by atoms with E-state index in [2.05, 4.69) is 31.9 Å². The summed E-state index contributed by atoms with van der Waals surface area (Å²) in [6.07, 6.45) is 5.23. The summed E-state index contributed by atoms with van der Waals surface area (Å²) >= 11 is 0. The summed E-state index contributed by atoms with van der Waals surface area (Å²) in [5.41, 5.74) is 8.00. The van der Waals surface area contributed by atoms with Crippen LogP contribution < -0.4 is 5.73 Å². The van der Waals surface area contributed by atoms with E-state index in [4.69, 9.17) is 12.2 Å². The van der Waals surface area contributed by atoms with Gasteiger partial charge in [0, 0.05) is 0 Å². The number of nitrogens with two attached hydrogens (primary N) is 1. The highest BCUT2D eigenvalue weighted by atomic mass is 14.6. The largest absolute Gasteiger partial charge is 0.314 e. The first-order valence-corrected chi connectivity index (χ1v) is 4.46. The van der Waals surface area contributed by atoms with E-state index in [1.807, 2.05) is 12.1 Å². The first-order chi connectivity index (χ1) is 6.15. The zero-order valence-electron chi connectivity index (χ0n) is 8.12. The Hall–Kier alpha value is -1.26. The molecule has 0 amide bonds. The molecule has 0 heterocycles. The Labute approximate surface area is 80.0 Å². The molecular weight excluding hydrogens is 158 g/mol. The highest BCUT2D eigenvalue weighted by Crippen LogP contribution is 2.17. The van der Waals surface area contributed by atoms with Gasteiger partial charge in [-0.3, -0.25) is 0 Å². The molecule has 1 unspecified atom stereocenters. The maximum atomic E-state index is 5.68. The molecule has 1 nitrogen and oxygen atoms in total. The summed E-state index contributed by atoms with van der Waals surface area (Å²) in [5.74, 6) is 3.06. The fourth-order valence-corrected chi connectivity index (χ4v) is 1.18. The minimum atomic E-state index is -0.277. The third kappa shape index (κ3) is 2.34. The first-order valence-electron chi connectivity index (χ1n) is 4.46. The van der Waals surface area contributed by atoms with Crippen molar-refractivity contribution in [2.75, 3.05) is 0 Å². The molecule has 0 bridgehead atoms. The molecule has 0 aliphatic rings. The van der Waals surface area contributed by atoms with E-state index in [-0.39, 0.29) is 6.04 Å². The Kier molecular flexibility index (Phi) is 3.11. The molecule has 0 spiro atoms. The van der Waals surface area contributed by atoms with Gasteiger partial charge in [-0.15, -0.1) is 6.42 Å². The fraction of sp³-hybridized carbons (Fsp3) is 0.333. The second-order valence-electron chi connectivity index (χ2n) is 3.47. The van der Waals surface area contributed by atoms with Crippen LogP contribution in [0.3, 0.4) is 0 Å². The van der Waals surface area contributed by atoms with Crippen molar-refractivity contribution in [3.05, 3.63) is 35.4 Å². The van der Waals surface area contributed by atoms with Crippen molar-refractivity contribution in [1.29, 1.82) is 0 Å². The van der Waals surface area contributed by atoms with Crippen LogP contribution in [0.15, 0.2) is 24.3 Å². The van der Waals surface area contributed by atoms with E-state index >= 15 is 0 Å². The smallest absolute Gasteiger partial charge is 0.0918 e. The molecule has 0 saturated heterocycles. The quantitative estimate of drug-likeness (QED) is 0.683. The van der Waals surface area contributed by atoms with E-state index < -0.39 is 0 Å². The Balaban J connectivity index is 2.89. The molecular formula is C12H15N. The zero-order valence-corrected chi connectivity index (χ0v) is 8.12. The van der Waals surface area contributed by atoms with E-state index in [0.717, 1.165) is 5.56 Å². The summed E-state index contributed by atoms with van der Waals surface area (Å²) in [6.45, 7) is 4.33. The second-order valence-corrected chi connectivity index (χ2v) is 3.47. The van der Waals surface area contributed by atoms with Crippen LogP contribution in [0.4, 0.5) is 0 Å². The van der Waals surface area contributed by atoms with Crippen molar-refractivity contribution in [2.24, 2.45) is 5.73 Å². The molecule has 0 saturated carbocycles. The SMILES string of the molecule is C#CC(N)c1ccc(C(C)C)cc1. The Morgan fingerprint density at radius 1 is 1.15 bits per heavy atom. The highest BCUT2D eigenvalue weighted by Gasteiger charge is 2.02. The summed E-state index contributed by atoms with van der Waals surface area (Å²) in [5, 5.41) is 0. The van der Waals surface area contributed by atoms with Gasteiger partial charge in [-0.25, -0.2) is 0 Å². The van der Waals surface area contributed by atoms with Gasteiger partial charge in [0.1, 0.15) is 0 Å². The minimum absolute atomic E-state index is 0.277. The van der Waals surface area contributed by atoms with Gasteiger partial charge in [0.2, 0.25) is 0 Å². The minimum Gasteiger partial charge on any atom is -0.314 e. The van der Waals surface area contributed by atoms with Crippen LogP contribution in [0.5, 0.6) is 0 Å². The average molecular weight is 173 g/mol. The maximum Gasteiger partial charge on any atom is 0.0918 e. The molecule has 1 atom stereocenters. The normalized spacial score (nSPS) is 12.5. The monoisotopic (exact) mass is 173 g/mol. The van der Waals surface area contributed by atoms with Gasteiger partial charge in [-0.2, -0.15) is 0 Å². The number of hydrogen-bond donors (Lipinski definition) is 1. The topological polar surface area (TPSA) is 26.0 Å². The van der Waals surface area contributed by atoms with Crippen molar-refractivity contribution in [2.45, 2.75) is 25.8 Å². The lowest BCUT2D eigenvalue weighted by atomic mass is 10.00. The first kappa shape index (κ1) is 9.83. The number of rotatable bonds is 2. The van der Waals surface area contributed by atoms with Gasteiger partial charge in [-0.05, 0) is 17.0 Å². The van der Waals surface area contributed by atoms with Gasteiger partial charge in [0.05, 0.1) is 6.04 Å². The third-order valence-corrected chi connectivity index (χ3v) is 2.14. The molecule has 0 aromatic heterocycles. The lowest BCUT2D eigenvalue weighted by Crippen LogP contribution is -2.06. The van der Waals surface area contributed by atoms with Crippen molar-refractivity contribution >= 4 is 0 Å². The lowest BCUT2D eigenvalue weighted by Gasteiger charge is -2.08. The summed E-state index contributed by atoms with van der Waals surface area (Å²) < 4.78 is 0. The van der Waals surface area contributed by atoms with Gasteiger partial charge in [0.25, 0.3) is 0 Å². The molecule has 13 heavy (non-hydrogen) atoms. The third-order valence-electron chi connectivity index (χ3n) is 2.14. The number of benzene rings is 1. The average Bonchev–Trinajstić information content (AvgIpc) is 2.17. The van der Waals surface area contributed by atoms with Crippen LogP contribution in [0.1, 0.15) is 36.9 Å². The molecule has 1 aromatic carbocycles. The Bertz CT molecular complexity index is 303. The van der Waals surface area contributed by atoms with Crippen molar-refractivity contribution < 1.29 is 0 Å². The molecule has 0 aliphatic carbocycles. The van der Waals surface area contributed by atoms with E-state index in [1.165, 1.54) is 5.56 Å². The second kappa shape index (κ2) is 4.11. The van der Waals surface area contributed by atoms with E-state index in [1.54, 1.807) is 0 Å². The molecule has 68 valence electrons. The van der Waals surface area contributed by atoms with Crippen molar-refractivity contribution in [1.82, 2.24) is 0 Å². The Morgan fingerprint density at radius 3 is 2.00 bits per heavy atom. The van der Waals surface area contributed by atoms with Crippen LogP contribution >= 0.6 is 0 Å². The molecule has 0 aliphatic heterocycles. The number of terminal acetylenes is 1. The fourth-order valence-electron chi connectivity index (χ4n) is 1.18. The van der Waals surface area contributed by atoms with E-state index in [9.17, 15) is 0 Å². The predicted molar refractivity (Wildman–Crippen MR) is 56.3 cm³/mol. The van der Waals surface area contributed by atoms with Gasteiger partial charge in [0.15, 0.2) is 0 Å². The van der Waals surface area contributed by atoms with Crippen LogP contribution in [-0.4, -0.2) is 0 Å². The van der Waals surface area contributed by atoms with Gasteiger partial charge < -0.3 is 5.73 Å². The zero-order chi connectivity index (χ0) is 9.84. The van der Waals surface area contributed by atoms with Crippen molar-refractivity contribution in [3.63, 3.8) is 0 Å². The maximum absolute atomic E-state index is 5.68. The molecule has 0 radical (unpaired) electrons. The number of hydrogen-bond acceptors (Lipinski definition) is 1. The summed E-state index contributed by atoms with van der Waals surface area (Å²) in [7, 11) is 0. The standard InChI is InChI=1S/C12H15N/c1-4-12(13)11-7-5-10(6-8-11)9(2)3/h1,5-9,12H,13H2,2-3H3. The molecule has 1 aromatic rings. The van der Waals surface area contributed by atoms with Gasteiger partial charge >= 0.3 is 0 Å². The van der Waals surface area contributed by atoms with Crippen LogP contribution in [0.2, 0.25) is 0 Å². The lowest BCUT2D eigenvalue weighted by molar-refractivity contribution is 0.861. The van der Waals surface area contributed by atoms with E-state index in [0.29, 0.717) is 5.92 Å². The van der Waals surface area contributed by atoms with Crippen LogP contribution in [0.25, 0.3) is 0 Å². The van der Waals surface area contributed by atoms with Gasteiger partial charge in [-0.1, -0.05) is 44.0 Å². The molecule has 1 rings (SSSR count). The Morgan fingerprint density at radius 2 is 1.62 bits per heavy atom. The van der Waals surface area contributed by atoms with Crippen molar-refractivity contribution in [3.8, 4) is 12.3 Å². The highest BCUT2D eigenvalue weighted by molar-refractivity contribution is 5.30. The molecule has 2 N–H and O–H groups in total. The van der Waals surface area contributed by atoms with Crippen LogP contribution in [-0.2, 0) is 0 Å². The molecule has 1 heteroatoms. The summed E-state index contributed by atoms with van der Waals surface area (Å²) in [6, 6.07) is 7.88.